The van der Waals surface area contributed by atoms with Crippen LogP contribution in [0.25, 0.3) is 11.0 Å². The summed E-state index contributed by atoms with van der Waals surface area (Å²) in [6.45, 7) is 4.34. The average Bonchev–Trinajstić information content (AvgIpc) is 3.17. The van der Waals surface area contributed by atoms with Crippen LogP contribution < -0.4 is 9.64 Å². The van der Waals surface area contributed by atoms with E-state index in [1.165, 1.54) is 37.9 Å². The lowest BCUT2D eigenvalue weighted by atomic mass is 9.90. The Balaban J connectivity index is 1.28. The molecule has 28 heavy (non-hydrogen) atoms. The molecule has 0 aliphatic carbocycles. The topological polar surface area (TPSA) is 41.7 Å². The van der Waals surface area contributed by atoms with Gasteiger partial charge in [-0.25, -0.2) is 0 Å². The second-order valence-electron chi connectivity index (χ2n) is 7.76. The van der Waals surface area contributed by atoms with Crippen LogP contribution in [0.3, 0.4) is 0 Å². The van der Waals surface area contributed by atoms with E-state index in [0.29, 0.717) is 0 Å². The van der Waals surface area contributed by atoms with Crippen LogP contribution in [0, 0.1) is 5.92 Å². The van der Waals surface area contributed by atoms with E-state index in [9.17, 15) is 0 Å². The first kappa shape index (κ1) is 18.8. The summed E-state index contributed by atoms with van der Waals surface area (Å²) < 4.78 is 10.8. The van der Waals surface area contributed by atoms with E-state index in [0.717, 1.165) is 41.5 Å². The molecule has 2 aromatic carbocycles. The standard InChI is InChI=1S/C23H29N3O2/c1-25(23-21-17-20(27-2)8-9-22(21)28-24-23)14-15-26-12-10-19(11-13-26)16-18-6-4-3-5-7-18/h3-9,17,19H,10-16H2,1-2H3. The highest BCUT2D eigenvalue weighted by Gasteiger charge is 2.20. The van der Waals surface area contributed by atoms with Crippen LogP contribution >= 0.6 is 0 Å². The molecule has 1 saturated heterocycles. The summed E-state index contributed by atoms with van der Waals surface area (Å²) in [5.41, 5.74) is 2.26. The van der Waals surface area contributed by atoms with Crippen molar-refractivity contribution in [3.63, 3.8) is 0 Å². The second kappa shape index (κ2) is 8.65. The van der Waals surface area contributed by atoms with Crippen molar-refractivity contribution in [3.05, 3.63) is 54.1 Å². The molecule has 2 heterocycles. The van der Waals surface area contributed by atoms with Gasteiger partial charge >= 0.3 is 0 Å². The van der Waals surface area contributed by atoms with Crippen molar-refractivity contribution >= 4 is 16.8 Å². The number of methoxy groups -OCH3 is 1. The number of fused-ring (bicyclic) bond motifs is 1. The molecule has 148 valence electrons. The fourth-order valence-corrected chi connectivity index (χ4v) is 4.07. The van der Waals surface area contributed by atoms with E-state index in [4.69, 9.17) is 9.26 Å². The van der Waals surface area contributed by atoms with Crippen molar-refractivity contribution in [2.24, 2.45) is 5.92 Å². The van der Waals surface area contributed by atoms with Gasteiger partial charge in [-0.2, -0.15) is 0 Å². The molecule has 0 bridgehead atoms. The van der Waals surface area contributed by atoms with E-state index in [2.05, 4.69) is 52.3 Å². The molecule has 0 radical (unpaired) electrons. The van der Waals surface area contributed by atoms with Crippen LogP contribution in [0.5, 0.6) is 5.75 Å². The fourth-order valence-electron chi connectivity index (χ4n) is 4.07. The minimum Gasteiger partial charge on any atom is -0.497 e. The van der Waals surface area contributed by atoms with Crippen LogP contribution in [0.1, 0.15) is 18.4 Å². The molecule has 0 amide bonds. The number of piperidine rings is 1. The molecule has 0 atom stereocenters. The number of likely N-dealkylation sites (N-methyl/N-ethyl adjacent to an activating group) is 1. The van der Waals surface area contributed by atoms with Crippen LogP contribution in [-0.4, -0.2) is 50.4 Å². The molecule has 0 N–H and O–H groups in total. The Morgan fingerprint density at radius 2 is 1.93 bits per heavy atom. The average molecular weight is 380 g/mol. The van der Waals surface area contributed by atoms with E-state index in [1.54, 1.807) is 7.11 Å². The van der Waals surface area contributed by atoms with Crippen molar-refractivity contribution in [1.82, 2.24) is 10.1 Å². The second-order valence-corrected chi connectivity index (χ2v) is 7.76. The summed E-state index contributed by atoms with van der Waals surface area (Å²) in [5.74, 6) is 2.52. The number of likely N-dealkylation sites (tertiary alicyclic amines) is 1. The maximum atomic E-state index is 5.47. The number of hydrogen-bond donors (Lipinski definition) is 0. The van der Waals surface area contributed by atoms with E-state index >= 15 is 0 Å². The van der Waals surface area contributed by atoms with Gasteiger partial charge in [-0.15, -0.1) is 0 Å². The Kier molecular flexibility index (Phi) is 5.81. The lowest BCUT2D eigenvalue weighted by Crippen LogP contribution is -2.39. The minimum absolute atomic E-state index is 0.796. The predicted molar refractivity (Wildman–Crippen MR) is 113 cm³/mol. The van der Waals surface area contributed by atoms with Gasteiger partial charge in [-0.1, -0.05) is 35.5 Å². The number of rotatable bonds is 7. The monoisotopic (exact) mass is 379 g/mol. The molecule has 1 fully saturated rings. The van der Waals surface area contributed by atoms with Crippen molar-refractivity contribution in [2.45, 2.75) is 19.3 Å². The van der Waals surface area contributed by atoms with Gasteiger partial charge in [0.2, 0.25) is 0 Å². The summed E-state index contributed by atoms with van der Waals surface area (Å²) in [6, 6.07) is 16.7. The number of anilines is 1. The third kappa shape index (κ3) is 4.30. The molecule has 4 rings (SSSR count). The Morgan fingerprint density at radius 3 is 2.68 bits per heavy atom. The summed E-state index contributed by atoms with van der Waals surface area (Å²) in [5, 5.41) is 5.27. The fraction of sp³-hybridized carbons (Fsp3) is 0.435. The number of ether oxygens (including phenoxy) is 1. The first-order chi connectivity index (χ1) is 13.7. The summed E-state index contributed by atoms with van der Waals surface area (Å²) >= 11 is 0. The van der Waals surface area contributed by atoms with Crippen LogP contribution in [0.15, 0.2) is 53.1 Å². The molecule has 1 aromatic heterocycles. The predicted octanol–water partition coefficient (Wildman–Crippen LogP) is 4.23. The van der Waals surface area contributed by atoms with Crippen molar-refractivity contribution < 1.29 is 9.26 Å². The number of benzene rings is 2. The maximum absolute atomic E-state index is 5.47. The Labute approximate surface area is 166 Å². The maximum Gasteiger partial charge on any atom is 0.179 e. The van der Waals surface area contributed by atoms with Gasteiger partial charge in [0, 0.05) is 20.1 Å². The van der Waals surface area contributed by atoms with E-state index in [-0.39, 0.29) is 0 Å². The van der Waals surface area contributed by atoms with Gasteiger partial charge in [0.15, 0.2) is 11.4 Å². The van der Waals surface area contributed by atoms with Gasteiger partial charge in [-0.3, -0.25) is 0 Å². The molecule has 1 aliphatic heterocycles. The summed E-state index contributed by atoms with van der Waals surface area (Å²) in [4.78, 5) is 4.75. The van der Waals surface area contributed by atoms with Crippen LogP contribution in [0.2, 0.25) is 0 Å². The number of aromatic nitrogens is 1. The highest BCUT2D eigenvalue weighted by Crippen LogP contribution is 2.29. The normalized spacial score (nSPS) is 15.8. The van der Waals surface area contributed by atoms with Gasteiger partial charge in [0.05, 0.1) is 12.5 Å². The van der Waals surface area contributed by atoms with E-state index < -0.39 is 0 Å². The molecule has 0 spiro atoms. The van der Waals surface area contributed by atoms with E-state index in [1.807, 2.05) is 18.2 Å². The molecule has 5 nitrogen and oxygen atoms in total. The van der Waals surface area contributed by atoms with Crippen molar-refractivity contribution in [1.29, 1.82) is 0 Å². The third-order valence-electron chi connectivity index (χ3n) is 5.85. The SMILES string of the molecule is COc1ccc2onc(N(C)CCN3CCC(Cc4ccccc4)CC3)c2c1. The van der Waals surface area contributed by atoms with Gasteiger partial charge in [-0.05, 0) is 62.0 Å². The zero-order chi connectivity index (χ0) is 19.3. The first-order valence-corrected chi connectivity index (χ1v) is 10.1. The van der Waals surface area contributed by atoms with Gasteiger partial charge in [0.1, 0.15) is 5.75 Å². The zero-order valence-corrected chi connectivity index (χ0v) is 16.8. The molecular weight excluding hydrogens is 350 g/mol. The summed E-state index contributed by atoms with van der Waals surface area (Å²) in [7, 11) is 3.76. The smallest absolute Gasteiger partial charge is 0.179 e. The highest BCUT2D eigenvalue weighted by molar-refractivity contribution is 5.89. The zero-order valence-electron chi connectivity index (χ0n) is 16.8. The van der Waals surface area contributed by atoms with Crippen molar-refractivity contribution in [2.75, 3.05) is 45.2 Å². The lowest BCUT2D eigenvalue weighted by molar-refractivity contribution is 0.188. The molecule has 0 saturated carbocycles. The number of hydrogen-bond acceptors (Lipinski definition) is 5. The Morgan fingerprint density at radius 1 is 1.14 bits per heavy atom. The number of nitrogens with zero attached hydrogens (tertiary/aromatic N) is 3. The first-order valence-electron chi connectivity index (χ1n) is 10.1. The molecular formula is C23H29N3O2. The quantitative estimate of drug-likeness (QED) is 0.615. The molecule has 5 heteroatoms. The third-order valence-corrected chi connectivity index (χ3v) is 5.85. The molecule has 1 aliphatic rings. The van der Waals surface area contributed by atoms with Crippen molar-refractivity contribution in [3.8, 4) is 5.75 Å². The highest BCUT2D eigenvalue weighted by atomic mass is 16.5. The van der Waals surface area contributed by atoms with Gasteiger partial charge < -0.3 is 19.1 Å². The molecule has 3 aromatic rings. The van der Waals surface area contributed by atoms with Crippen LogP contribution in [0.4, 0.5) is 5.82 Å². The van der Waals surface area contributed by atoms with Gasteiger partial charge in [0.25, 0.3) is 0 Å². The largest absolute Gasteiger partial charge is 0.497 e. The Bertz CT molecular complexity index is 885. The summed E-state index contributed by atoms with van der Waals surface area (Å²) in [6.07, 6.45) is 3.77. The molecule has 0 unspecified atom stereocenters. The minimum atomic E-state index is 0.796. The Hall–Kier alpha value is -2.53. The lowest BCUT2D eigenvalue weighted by Gasteiger charge is -2.33. The van der Waals surface area contributed by atoms with Crippen LogP contribution in [-0.2, 0) is 6.42 Å².